The first-order valence-corrected chi connectivity index (χ1v) is 10.9. The summed E-state index contributed by atoms with van der Waals surface area (Å²) in [5, 5.41) is 6.01. The van der Waals surface area contributed by atoms with Crippen LogP contribution in [-0.4, -0.2) is 17.4 Å². The zero-order valence-corrected chi connectivity index (χ0v) is 17.9. The molecule has 1 aliphatic heterocycles. The van der Waals surface area contributed by atoms with Gasteiger partial charge in [0.05, 0.1) is 11.4 Å². The maximum Gasteiger partial charge on any atom is 0.267 e. The number of hydrogen-bond acceptors (Lipinski definition) is 3. The Kier molecular flexibility index (Phi) is 5.06. The van der Waals surface area contributed by atoms with Crippen LogP contribution >= 0.6 is 0 Å². The third-order valence-corrected chi connectivity index (χ3v) is 6.65. The molecule has 3 atom stereocenters. The van der Waals surface area contributed by atoms with Crippen LogP contribution in [0.25, 0.3) is 6.08 Å². The first-order chi connectivity index (χ1) is 15.6. The molecule has 1 amide bonds. The number of nitrogens with zero attached hydrogens (tertiary/aromatic N) is 2. The van der Waals surface area contributed by atoms with Crippen LogP contribution in [0, 0.1) is 11.3 Å². The van der Waals surface area contributed by atoms with Crippen molar-refractivity contribution in [2.24, 2.45) is 16.4 Å². The monoisotopic (exact) mass is 420 g/mol. The highest BCUT2D eigenvalue weighted by Crippen LogP contribution is 2.54. The molecule has 0 N–H and O–H groups in total. The van der Waals surface area contributed by atoms with E-state index in [1.807, 2.05) is 110 Å². The fourth-order valence-corrected chi connectivity index (χ4v) is 5.10. The Morgan fingerprint density at radius 1 is 0.875 bits per heavy atom. The molecule has 1 heterocycles. The number of anilines is 1. The average molecular weight is 421 g/mol. The summed E-state index contributed by atoms with van der Waals surface area (Å²) < 4.78 is 0. The first kappa shape index (κ1) is 20.1. The van der Waals surface area contributed by atoms with E-state index >= 15 is 0 Å². The molecule has 4 heteroatoms. The van der Waals surface area contributed by atoms with Crippen molar-refractivity contribution in [3.8, 4) is 0 Å². The molecule has 3 aromatic rings. The molecule has 2 aliphatic rings. The smallest absolute Gasteiger partial charge is 0.267 e. The van der Waals surface area contributed by atoms with Crippen molar-refractivity contribution in [1.29, 1.82) is 0 Å². The number of rotatable bonds is 4. The molecular weight excluding hydrogens is 396 g/mol. The average Bonchev–Trinajstić information content (AvgIpc) is 3.29. The van der Waals surface area contributed by atoms with Crippen LogP contribution in [0.2, 0.25) is 0 Å². The van der Waals surface area contributed by atoms with E-state index in [-0.39, 0.29) is 23.5 Å². The molecule has 0 radical (unpaired) electrons. The lowest BCUT2D eigenvalue weighted by Gasteiger charge is -2.29. The van der Waals surface area contributed by atoms with Crippen LogP contribution in [0.15, 0.2) is 102 Å². The fraction of sp³-hybridized carbons (Fsp3) is 0.179. The number of ketones is 1. The minimum atomic E-state index is -1.28. The maximum absolute atomic E-state index is 13.9. The van der Waals surface area contributed by atoms with Gasteiger partial charge in [0.1, 0.15) is 0 Å². The normalized spacial score (nSPS) is 25.2. The quantitative estimate of drug-likeness (QED) is 0.525. The van der Waals surface area contributed by atoms with Gasteiger partial charge in [-0.25, -0.2) is 0 Å². The molecule has 32 heavy (non-hydrogen) atoms. The number of Topliss-reactive ketones (excluding diaryl/α,β-unsaturated/α-hetero) is 1. The van der Waals surface area contributed by atoms with E-state index < -0.39 is 5.41 Å². The molecular formula is C28H24N2O2. The third-order valence-electron chi connectivity index (χ3n) is 6.65. The summed E-state index contributed by atoms with van der Waals surface area (Å²) in [7, 11) is 0. The number of carbonyl (C=O) groups excluding carboxylic acids is 2. The van der Waals surface area contributed by atoms with E-state index in [4.69, 9.17) is 0 Å². The SMILES string of the molecule is CC1=NN(c2ccccc2)C(=O)[C@]12C(=O)C[C@H](c1ccccc1)[C@H]2/C=C/c1ccccc1. The van der Waals surface area contributed by atoms with Crippen molar-refractivity contribution in [3.63, 3.8) is 0 Å². The van der Waals surface area contributed by atoms with Crippen molar-refractivity contribution < 1.29 is 9.59 Å². The molecule has 1 saturated carbocycles. The molecule has 1 spiro atoms. The Hall–Kier alpha value is -3.79. The van der Waals surface area contributed by atoms with Crippen LogP contribution in [0.3, 0.4) is 0 Å². The fourth-order valence-electron chi connectivity index (χ4n) is 5.10. The second-order valence-electron chi connectivity index (χ2n) is 8.39. The van der Waals surface area contributed by atoms with Gasteiger partial charge in [0.25, 0.3) is 5.91 Å². The first-order valence-electron chi connectivity index (χ1n) is 10.9. The van der Waals surface area contributed by atoms with Gasteiger partial charge in [0.15, 0.2) is 11.2 Å². The predicted octanol–water partition coefficient (Wildman–Crippen LogP) is 5.48. The Morgan fingerprint density at radius 2 is 1.47 bits per heavy atom. The molecule has 0 saturated heterocycles. The molecule has 1 aliphatic carbocycles. The summed E-state index contributed by atoms with van der Waals surface area (Å²) in [5.74, 6) is -0.720. The molecule has 3 aromatic carbocycles. The number of carbonyl (C=O) groups is 2. The topological polar surface area (TPSA) is 49.7 Å². The minimum absolute atomic E-state index is 0.0567. The minimum Gasteiger partial charge on any atom is -0.298 e. The second kappa shape index (κ2) is 8.04. The van der Waals surface area contributed by atoms with E-state index in [1.54, 1.807) is 0 Å². The lowest BCUT2D eigenvalue weighted by Crippen LogP contribution is -2.47. The summed E-state index contributed by atoms with van der Waals surface area (Å²) in [6, 6.07) is 29.3. The number of allylic oxidation sites excluding steroid dienone is 1. The highest BCUT2D eigenvalue weighted by molar-refractivity contribution is 6.33. The van der Waals surface area contributed by atoms with Crippen LogP contribution < -0.4 is 5.01 Å². The highest BCUT2D eigenvalue weighted by Gasteiger charge is 2.65. The van der Waals surface area contributed by atoms with Crippen molar-refractivity contribution in [1.82, 2.24) is 0 Å². The van der Waals surface area contributed by atoms with Gasteiger partial charge in [0.2, 0.25) is 0 Å². The van der Waals surface area contributed by atoms with Gasteiger partial charge in [-0.1, -0.05) is 91.0 Å². The Balaban J connectivity index is 1.62. The van der Waals surface area contributed by atoms with Crippen molar-refractivity contribution in [2.45, 2.75) is 19.3 Å². The van der Waals surface area contributed by atoms with Gasteiger partial charge in [-0.05, 0) is 36.1 Å². The summed E-state index contributed by atoms with van der Waals surface area (Å²) in [4.78, 5) is 27.5. The largest absolute Gasteiger partial charge is 0.298 e. The van der Waals surface area contributed by atoms with E-state index in [9.17, 15) is 9.59 Å². The Bertz CT molecular complexity index is 1200. The summed E-state index contributed by atoms with van der Waals surface area (Å²) in [5.41, 5.74) is 2.07. The molecule has 4 nitrogen and oxygen atoms in total. The van der Waals surface area contributed by atoms with Crippen molar-refractivity contribution in [2.75, 3.05) is 5.01 Å². The Morgan fingerprint density at radius 3 is 2.12 bits per heavy atom. The van der Waals surface area contributed by atoms with Gasteiger partial charge < -0.3 is 0 Å². The number of para-hydroxylation sites is 1. The lowest BCUT2D eigenvalue weighted by atomic mass is 9.70. The molecule has 5 rings (SSSR count). The molecule has 0 aromatic heterocycles. The lowest BCUT2D eigenvalue weighted by molar-refractivity contribution is -0.134. The number of benzene rings is 3. The van der Waals surface area contributed by atoms with Gasteiger partial charge in [-0.3, -0.25) is 9.59 Å². The van der Waals surface area contributed by atoms with Gasteiger partial charge >= 0.3 is 0 Å². The molecule has 0 unspecified atom stereocenters. The van der Waals surface area contributed by atoms with E-state index in [0.717, 1.165) is 11.1 Å². The predicted molar refractivity (Wildman–Crippen MR) is 127 cm³/mol. The van der Waals surface area contributed by atoms with Crippen LogP contribution in [0.1, 0.15) is 30.4 Å². The van der Waals surface area contributed by atoms with Crippen LogP contribution in [0.4, 0.5) is 5.69 Å². The van der Waals surface area contributed by atoms with E-state index in [2.05, 4.69) is 5.10 Å². The second-order valence-corrected chi connectivity index (χ2v) is 8.39. The van der Waals surface area contributed by atoms with Crippen LogP contribution in [0.5, 0.6) is 0 Å². The van der Waals surface area contributed by atoms with Gasteiger partial charge in [-0.2, -0.15) is 10.1 Å². The summed E-state index contributed by atoms with van der Waals surface area (Å²) >= 11 is 0. The van der Waals surface area contributed by atoms with E-state index in [1.165, 1.54) is 5.01 Å². The molecule has 0 bridgehead atoms. The zero-order chi connectivity index (χ0) is 22.1. The molecule has 1 fully saturated rings. The number of hydrazone groups is 1. The molecule has 158 valence electrons. The standard InChI is InChI=1S/C28H24N2O2/c1-20-28(27(32)30(29-20)23-15-9-4-10-16-23)25(18-17-21-11-5-2-6-12-21)24(19-26(28)31)22-13-7-3-8-14-22/h2-18,24-25H,19H2,1H3/b18-17+/t24-,25-,28-/m1/s1. The van der Waals surface area contributed by atoms with Crippen molar-refractivity contribution in [3.05, 3.63) is 108 Å². The summed E-state index contributed by atoms with van der Waals surface area (Å²) in [6.07, 6.45) is 4.38. The number of amides is 1. The van der Waals surface area contributed by atoms with Gasteiger partial charge in [0, 0.05) is 12.3 Å². The van der Waals surface area contributed by atoms with Crippen molar-refractivity contribution >= 4 is 29.2 Å². The van der Waals surface area contributed by atoms with E-state index in [0.29, 0.717) is 17.8 Å². The Labute approximate surface area is 187 Å². The maximum atomic E-state index is 13.9. The number of hydrogen-bond donors (Lipinski definition) is 0. The van der Waals surface area contributed by atoms with Gasteiger partial charge in [-0.15, -0.1) is 0 Å². The zero-order valence-electron chi connectivity index (χ0n) is 17.9. The van der Waals surface area contributed by atoms with Crippen LogP contribution in [-0.2, 0) is 9.59 Å². The summed E-state index contributed by atoms with van der Waals surface area (Å²) in [6.45, 7) is 1.81. The third kappa shape index (κ3) is 3.11. The highest BCUT2D eigenvalue weighted by atomic mass is 16.2.